The number of ketones is 1. The summed E-state index contributed by atoms with van der Waals surface area (Å²) in [6.45, 7) is 0.705. The number of hydrogen-bond acceptors (Lipinski definition) is 3. The van der Waals surface area contributed by atoms with Crippen LogP contribution >= 0.6 is 11.8 Å². The molecule has 1 aliphatic heterocycles. The van der Waals surface area contributed by atoms with Gasteiger partial charge in [0.2, 0.25) is 0 Å². The minimum Gasteiger partial charge on any atom is -0.369 e. The van der Waals surface area contributed by atoms with Gasteiger partial charge in [-0.25, -0.2) is 0 Å². The van der Waals surface area contributed by atoms with Crippen molar-refractivity contribution in [1.29, 1.82) is 0 Å². The van der Waals surface area contributed by atoms with E-state index in [1.165, 1.54) is 0 Å². The summed E-state index contributed by atoms with van der Waals surface area (Å²) in [4.78, 5) is 11.5. The molecule has 2 nitrogen and oxygen atoms in total. The SMILES string of the molecule is C#CCCCC(=O)C1CSCCO1. The van der Waals surface area contributed by atoms with Gasteiger partial charge in [0.1, 0.15) is 6.10 Å². The first-order valence-electron chi connectivity index (χ1n) is 4.50. The topological polar surface area (TPSA) is 26.3 Å². The molecule has 1 aliphatic rings. The number of unbranched alkanes of at least 4 members (excludes halogenated alkanes) is 1. The first-order valence-corrected chi connectivity index (χ1v) is 5.65. The van der Waals surface area contributed by atoms with Crippen molar-refractivity contribution in [2.45, 2.75) is 25.4 Å². The third-order valence-corrected chi connectivity index (χ3v) is 2.91. The zero-order valence-corrected chi connectivity index (χ0v) is 8.44. The van der Waals surface area contributed by atoms with Gasteiger partial charge in [0.15, 0.2) is 5.78 Å². The Kier molecular flexibility index (Phi) is 4.95. The van der Waals surface area contributed by atoms with Crippen molar-refractivity contribution in [3.8, 4) is 12.3 Å². The van der Waals surface area contributed by atoms with E-state index in [0.717, 1.165) is 17.9 Å². The number of Topliss-reactive ketones (excluding diaryl/α,β-unsaturated/α-hetero) is 1. The first kappa shape index (κ1) is 10.6. The molecule has 1 rings (SSSR count). The molecule has 3 heteroatoms. The molecule has 0 spiro atoms. The second kappa shape index (κ2) is 6.06. The van der Waals surface area contributed by atoms with Crippen molar-refractivity contribution in [2.24, 2.45) is 0 Å². The molecule has 0 radical (unpaired) electrons. The van der Waals surface area contributed by atoms with E-state index in [0.29, 0.717) is 19.4 Å². The van der Waals surface area contributed by atoms with Crippen molar-refractivity contribution in [2.75, 3.05) is 18.1 Å². The maximum absolute atomic E-state index is 11.5. The van der Waals surface area contributed by atoms with Gasteiger partial charge in [-0.2, -0.15) is 11.8 Å². The number of carbonyl (C=O) groups is 1. The lowest BCUT2D eigenvalue weighted by molar-refractivity contribution is -0.129. The van der Waals surface area contributed by atoms with Gasteiger partial charge in [-0.05, 0) is 6.42 Å². The van der Waals surface area contributed by atoms with E-state index < -0.39 is 0 Å². The summed E-state index contributed by atoms with van der Waals surface area (Å²) in [6, 6.07) is 0. The normalized spacial score (nSPS) is 22.2. The van der Waals surface area contributed by atoms with Crippen LogP contribution in [0.4, 0.5) is 0 Å². The van der Waals surface area contributed by atoms with Crippen LogP contribution in [0.25, 0.3) is 0 Å². The third-order valence-electron chi connectivity index (χ3n) is 1.92. The van der Waals surface area contributed by atoms with Crippen LogP contribution in [0.5, 0.6) is 0 Å². The van der Waals surface area contributed by atoms with E-state index in [4.69, 9.17) is 11.2 Å². The molecule has 0 amide bonds. The Labute approximate surface area is 83.4 Å². The third kappa shape index (κ3) is 3.84. The lowest BCUT2D eigenvalue weighted by atomic mass is 10.1. The Balaban J connectivity index is 2.18. The van der Waals surface area contributed by atoms with E-state index in [1.807, 2.05) is 0 Å². The fourth-order valence-corrected chi connectivity index (χ4v) is 2.08. The Bertz CT molecular complexity index is 201. The van der Waals surface area contributed by atoms with Crippen LogP contribution < -0.4 is 0 Å². The number of rotatable bonds is 4. The number of terminal acetylenes is 1. The maximum atomic E-state index is 11.5. The molecule has 0 aromatic carbocycles. The molecule has 1 atom stereocenters. The van der Waals surface area contributed by atoms with Crippen LogP contribution in [0.1, 0.15) is 19.3 Å². The lowest BCUT2D eigenvalue weighted by Crippen LogP contribution is -2.31. The largest absolute Gasteiger partial charge is 0.369 e. The highest BCUT2D eigenvalue weighted by atomic mass is 32.2. The molecule has 1 saturated heterocycles. The average Bonchev–Trinajstić information content (AvgIpc) is 2.19. The van der Waals surface area contributed by atoms with E-state index >= 15 is 0 Å². The van der Waals surface area contributed by atoms with Crippen molar-refractivity contribution in [3.63, 3.8) is 0 Å². The Morgan fingerprint density at radius 2 is 2.54 bits per heavy atom. The zero-order chi connectivity index (χ0) is 9.52. The van der Waals surface area contributed by atoms with Gasteiger partial charge >= 0.3 is 0 Å². The number of ether oxygens (including phenoxy) is 1. The minimum atomic E-state index is -0.170. The van der Waals surface area contributed by atoms with E-state index in [2.05, 4.69) is 5.92 Å². The van der Waals surface area contributed by atoms with Gasteiger partial charge in [0.25, 0.3) is 0 Å². The second-order valence-electron chi connectivity index (χ2n) is 2.96. The van der Waals surface area contributed by atoms with Crippen molar-refractivity contribution in [3.05, 3.63) is 0 Å². The van der Waals surface area contributed by atoms with Crippen LogP contribution in [0.15, 0.2) is 0 Å². The number of carbonyl (C=O) groups excluding carboxylic acids is 1. The van der Waals surface area contributed by atoms with Crippen molar-refractivity contribution >= 4 is 17.5 Å². The van der Waals surface area contributed by atoms with Gasteiger partial charge in [-0.1, -0.05) is 0 Å². The number of hydrogen-bond donors (Lipinski definition) is 0. The molecule has 1 fully saturated rings. The fourth-order valence-electron chi connectivity index (χ4n) is 1.20. The lowest BCUT2D eigenvalue weighted by Gasteiger charge is -2.20. The summed E-state index contributed by atoms with van der Waals surface area (Å²) in [5, 5.41) is 0. The Morgan fingerprint density at radius 1 is 1.69 bits per heavy atom. The molecule has 0 saturated carbocycles. The molecular formula is C10H14O2S. The molecule has 72 valence electrons. The first-order chi connectivity index (χ1) is 6.34. The highest BCUT2D eigenvalue weighted by molar-refractivity contribution is 7.99. The van der Waals surface area contributed by atoms with Crippen molar-refractivity contribution in [1.82, 2.24) is 0 Å². The Morgan fingerprint density at radius 3 is 3.15 bits per heavy atom. The average molecular weight is 198 g/mol. The van der Waals surface area contributed by atoms with Crippen LogP contribution in [0.2, 0.25) is 0 Å². The monoisotopic (exact) mass is 198 g/mol. The molecule has 1 unspecified atom stereocenters. The molecular weight excluding hydrogens is 184 g/mol. The standard InChI is InChI=1S/C10H14O2S/c1-2-3-4-5-9(11)10-8-13-7-6-12-10/h1,10H,3-8H2. The molecule has 1 heterocycles. The van der Waals surface area contributed by atoms with Crippen LogP contribution in [0, 0.1) is 12.3 Å². The summed E-state index contributed by atoms with van der Waals surface area (Å²) in [7, 11) is 0. The molecule has 0 aliphatic carbocycles. The predicted octanol–water partition coefficient (Wildman–Crippen LogP) is 1.49. The summed E-state index contributed by atoms with van der Waals surface area (Å²) in [6.07, 6.45) is 6.97. The summed E-state index contributed by atoms with van der Waals surface area (Å²) < 4.78 is 5.35. The molecule has 0 N–H and O–H groups in total. The molecule has 0 bridgehead atoms. The summed E-state index contributed by atoms with van der Waals surface area (Å²) >= 11 is 1.78. The van der Waals surface area contributed by atoms with E-state index in [1.54, 1.807) is 11.8 Å². The minimum absolute atomic E-state index is 0.170. The number of thioether (sulfide) groups is 1. The predicted molar refractivity (Wildman–Crippen MR) is 54.8 cm³/mol. The van der Waals surface area contributed by atoms with Crippen LogP contribution in [0.3, 0.4) is 0 Å². The van der Waals surface area contributed by atoms with Gasteiger partial charge in [-0.3, -0.25) is 4.79 Å². The maximum Gasteiger partial charge on any atom is 0.162 e. The second-order valence-corrected chi connectivity index (χ2v) is 4.11. The smallest absolute Gasteiger partial charge is 0.162 e. The van der Waals surface area contributed by atoms with Crippen molar-refractivity contribution < 1.29 is 9.53 Å². The van der Waals surface area contributed by atoms with Gasteiger partial charge < -0.3 is 4.74 Å². The quantitative estimate of drug-likeness (QED) is 0.506. The summed E-state index contributed by atoms with van der Waals surface area (Å²) in [5.74, 6) is 4.56. The van der Waals surface area contributed by atoms with Gasteiger partial charge in [-0.15, -0.1) is 12.3 Å². The van der Waals surface area contributed by atoms with E-state index in [9.17, 15) is 4.79 Å². The summed E-state index contributed by atoms with van der Waals surface area (Å²) in [5.41, 5.74) is 0. The zero-order valence-electron chi connectivity index (χ0n) is 7.62. The van der Waals surface area contributed by atoms with Crippen LogP contribution in [-0.4, -0.2) is 30.0 Å². The van der Waals surface area contributed by atoms with Gasteiger partial charge in [0.05, 0.1) is 6.61 Å². The molecule has 13 heavy (non-hydrogen) atoms. The highest BCUT2D eigenvalue weighted by Gasteiger charge is 2.21. The Hall–Kier alpha value is -0.460. The van der Waals surface area contributed by atoms with Gasteiger partial charge in [0, 0.05) is 24.3 Å². The molecule has 0 aromatic heterocycles. The fraction of sp³-hybridized carbons (Fsp3) is 0.700. The highest BCUT2D eigenvalue weighted by Crippen LogP contribution is 2.15. The van der Waals surface area contributed by atoms with E-state index in [-0.39, 0.29) is 11.9 Å². The van der Waals surface area contributed by atoms with Crippen LogP contribution in [-0.2, 0) is 9.53 Å². The molecule has 0 aromatic rings.